The van der Waals surface area contributed by atoms with E-state index in [-0.39, 0.29) is 37.0 Å². The van der Waals surface area contributed by atoms with Crippen LogP contribution in [0.25, 0.3) is 11.1 Å². The Hall–Kier alpha value is -4.86. The zero-order valence-corrected chi connectivity index (χ0v) is 27.5. The average molecular weight is 698 g/mol. The van der Waals surface area contributed by atoms with Gasteiger partial charge in [-0.1, -0.05) is 6.07 Å². The minimum absolute atomic E-state index is 0.0222. The van der Waals surface area contributed by atoms with E-state index in [1.54, 1.807) is 35.3 Å². The van der Waals surface area contributed by atoms with Crippen molar-refractivity contribution in [2.24, 2.45) is 0 Å². The molecule has 1 aliphatic heterocycles. The molecule has 1 atom stereocenters. The molecule has 1 N–H and O–H groups in total. The summed E-state index contributed by atoms with van der Waals surface area (Å²) in [5.74, 6) is 0.918. The lowest BCUT2D eigenvalue weighted by Gasteiger charge is -2.38. The number of nitriles is 1. The topological polar surface area (TPSA) is 163 Å². The number of hydrogen-bond donors (Lipinski definition) is 1. The van der Waals surface area contributed by atoms with E-state index in [4.69, 9.17) is 14.2 Å². The molecule has 0 spiro atoms. The van der Waals surface area contributed by atoms with Crippen molar-refractivity contribution >= 4 is 11.6 Å². The highest BCUT2D eigenvalue weighted by atomic mass is 19.4. The van der Waals surface area contributed by atoms with E-state index in [2.05, 4.69) is 51.6 Å². The molecule has 4 heterocycles. The maximum atomic E-state index is 12.4. The van der Waals surface area contributed by atoms with E-state index in [1.165, 1.54) is 6.33 Å². The summed E-state index contributed by atoms with van der Waals surface area (Å²) >= 11 is 0. The van der Waals surface area contributed by atoms with Gasteiger partial charge >= 0.3 is 6.36 Å². The third-order valence-corrected chi connectivity index (χ3v) is 8.59. The van der Waals surface area contributed by atoms with Gasteiger partial charge in [-0.15, -0.1) is 23.4 Å². The number of tetrazole rings is 1. The predicted molar refractivity (Wildman–Crippen MR) is 171 cm³/mol. The first-order chi connectivity index (χ1) is 24.2. The van der Waals surface area contributed by atoms with Gasteiger partial charge in [-0.05, 0) is 60.7 Å². The maximum Gasteiger partial charge on any atom is 0.522 e. The Morgan fingerprint density at radius 2 is 1.82 bits per heavy atom. The summed E-state index contributed by atoms with van der Waals surface area (Å²) in [5, 5.41) is 28.6. The van der Waals surface area contributed by atoms with Crippen LogP contribution in [-0.4, -0.2) is 103 Å². The fourth-order valence-corrected chi connectivity index (χ4v) is 6.14. The number of benzene rings is 1. The Kier molecular flexibility index (Phi) is 11.4. The number of hydrogen-bond acceptors (Lipinski definition) is 13. The first-order valence-corrected chi connectivity index (χ1v) is 16.5. The monoisotopic (exact) mass is 697 g/mol. The second-order valence-corrected chi connectivity index (χ2v) is 12.1. The molecule has 266 valence electrons. The molecule has 6 rings (SSSR count). The van der Waals surface area contributed by atoms with Gasteiger partial charge in [0.15, 0.2) is 0 Å². The van der Waals surface area contributed by atoms with Crippen LogP contribution in [-0.2, 0) is 16.0 Å². The van der Waals surface area contributed by atoms with Crippen LogP contribution in [0.5, 0.6) is 11.6 Å². The molecule has 1 saturated heterocycles. The number of anilines is 2. The molecular formula is C32H38F3N11O4. The maximum absolute atomic E-state index is 12.4. The van der Waals surface area contributed by atoms with Gasteiger partial charge in [-0.3, -0.25) is 14.3 Å². The summed E-state index contributed by atoms with van der Waals surface area (Å²) in [7, 11) is 0. The van der Waals surface area contributed by atoms with Crippen molar-refractivity contribution < 1.29 is 32.1 Å². The molecule has 18 heteroatoms. The highest BCUT2D eigenvalue weighted by Crippen LogP contribution is 2.35. The van der Waals surface area contributed by atoms with Gasteiger partial charge in [-0.2, -0.15) is 5.26 Å². The summed E-state index contributed by atoms with van der Waals surface area (Å²) in [4.78, 5) is 11.5. The molecular weight excluding hydrogens is 659 g/mol. The fraction of sp³-hybridized carbons (Fsp3) is 0.531. The van der Waals surface area contributed by atoms with Crippen molar-refractivity contribution in [2.45, 2.75) is 70.1 Å². The highest BCUT2D eigenvalue weighted by molar-refractivity contribution is 5.67. The van der Waals surface area contributed by atoms with Crippen LogP contribution in [0.1, 0.15) is 50.6 Å². The Labute approximate surface area is 286 Å². The number of alkyl halides is 3. The van der Waals surface area contributed by atoms with E-state index >= 15 is 0 Å². The van der Waals surface area contributed by atoms with Crippen molar-refractivity contribution in [1.82, 2.24) is 44.9 Å². The quantitative estimate of drug-likeness (QED) is 0.183. The summed E-state index contributed by atoms with van der Waals surface area (Å²) in [5.41, 5.74) is 2.30. The zero-order chi connectivity index (χ0) is 34.9. The van der Waals surface area contributed by atoms with Crippen LogP contribution in [0, 0.1) is 11.3 Å². The molecule has 3 aromatic heterocycles. The van der Waals surface area contributed by atoms with Gasteiger partial charge in [0.25, 0.3) is 5.88 Å². The van der Waals surface area contributed by atoms with Gasteiger partial charge in [0, 0.05) is 43.5 Å². The zero-order valence-electron chi connectivity index (χ0n) is 27.5. The van der Waals surface area contributed by atoms with Crippen LogP contribution in [0.4, 0.5) is 24.8 Å². The molecule has 0 bridgehead atoms. The van der Waals surface area contributed by atoms with Crippen LogP contribution in [0.2, 0.25) is 0 Å². The Balaban J connectivity index is 1.13. The van der Waals surface area contributed by atoms with Gasteiger partial charge in [0.2, 0.25) is 5.95 Å². The minimum Gasteiger partial charge on any atom is -0.487 e. The second-order valence-electron chi connectivity index (χ2n) is 12.1. The van der Waals surface area contributed by atoms with Gasteiger partial charge in [-0.25, -0.2) is 14.6 Å². The largest absolute Gasteiger partial charge is 0.522 e. The first kappa shape index (κ1) is 35.0. The molecule has 50 heavy (non-hydrogen) atoms. The van der Waals surface area contributed by atoms with E-state index in [0.717, 1.165) is 57.6 Å². The van der Waals surface area contributed by atoms with Crippen LogP contribution in [0.3, 0.4) is 0 Å². The lowest BCUT2D eigenvalue weighted by atomic mass is 9.90. The third kappa shape index (κ3) is 9.43. The number of morpholine rings is 1. The average Bonchev–Trinajstić information content (AvgIpc) is 3.78. The van der Waals surface area contributed by atoms with Crippen LogP contribution >= 0.6 is 0 Å². The van der Waals surface area contributed by atoms with E-state index in [0.29, 0.717) is 35.2 Å². The normalized spacial score (nSPS) is 19.1. The Morgan fingerprint density at radius 3 is 2.52 bits per heavy atom. The SMILES string of the molecule is CC(Cn1cnnn1)Oc1cc(-c2cnc(Nc3cn(C4CCC(N5CCOCC5)CC4)nc3OCCCOC(F)(F)F)nc2)ccc1C#N. The number of nitrogens with one attached hydrogen (secondary N) is 1. The second kappa shape index (κ2) is 16.2. The smallest absolute Gasteiger partial charge is 0.487 e. The lowest BCUT2D eigenvalue weighted by Crippen LogP contribution is -2.45. The minimum atomic E-state index is -4.70. The number of halogens is 3. The number of nitrogens with zero attached hydrogens (tertiary/aromatic N) is 10. The molecule has 2 aliphatic rings. The van der Waals surface area contributed by atoms with Crippen molar-refractivity contribution in [3.05, 3.63) is 48.7 Å². The summed E-state index contributed by atoms with van der Waals surface area (Å²) in [6.07, 6.45) is 5.52. The molecule has 0 amide bonds. The van der Waals surface area contributed by atoms with Crippen molar-refractivity contribution in [1.29, 1.82) is 5.26 Å². The number of ether oxygens (including phenoxy) is 4. The number of aromatic nitrogens is 8. The van der Waals surface area contributed by atoms with Gasteiger partial charge < -0.3 is 19.5 Å². The molecule has 15 nitrogen and oxygen atoms in total. The molecule has 1 saturated carbocycles. The number of rotatable bonds is 14. The third-order valence-electron chi connectivity index (χ3n) is 8.59. The van der Waals surface area contributed by atoms with Gasteiger partial charge in [0.05, 0.1) is 50.8 Å². The van der Waals surface area contributed by atoms with Crippen molar-refractivity contribution in [2.75, 3.05) is 44.8 Å². The highest BCUT2D eigenvalue weighted by Gasteiger charge is 2.30. The summed E-state index contributed by atoms with van der Waals surface area (Å²) in [6, 6.07) is 8.03. The summed E-state index contributed by atoms with van der Waals surface area (Å²) in [6.45, 7) is 5.11. The fourth-order valence-electron chi connectivity index (χ4n) is 6.14. The van der Waals surface area contributed by atoms with E-state index in [9.17, 15) is 18.4 Å². The van der Waals surface area contributed by atoms with Crippen LogP contribution < -0.4 is 14.8 Å². The molecule has 1 aliphatic carbocycles. The lowest BCUT2D eigenvalue weighted by molar-refractivity contribution is -0.324. The van der Waals surface area contributed by atoms with Crippen molar-refractivity contribution in [3.8, 4) is 28.8 Å². The van der Waals surface area contributed by atoms with Crippen LogP contribution in [0.15, 0.2) is 43.1 Å². The molecule has 0 radical (unpaired) electrons. The summed E-state index contributed by atoms with van der Waals surface area (Å²) < 4.78 is 62.0. The molecule has 2 fully saturated rings. The molecule has 4 aromatic rings. The van der Waals surface area contributed by atoms with E-state index in [1.807, 2.05) is 17.8 Å². The Bertz CT molecular complexity index is 1700. The molecule has 1 unspecified atom stereocenters. The van der Waals surface area contributed by atoms with E-state index < -0.39 is 13.0 Å². The standard InChI is InChI=1S/C32H38F3N11O4/c1-22(19-45-21-39-42-43-45)50-29-15-23(3-4-24(29)16-36)25-17-37-31(38-18-25)40-28-20-46(41-30(28)48-11-2-12-49-32(33,34)35)27-7-5-26(6-8-27)44-9-13-47-14-10-44/h3-4,15,17-18,20-22,26-27H,2,5-14,19H2,1H3,(H,37,38,40). The predicted octanol–water partition coefficient (Wildman–Crippen LogP) is 4.53. The Morgan fingerprint density at radius 1 is 1.06 bits per heavy atom. The van der Waals surface area contributed by atoms with Crippen molar-refractivity contribution in [3.63, 3.8) is 0 Å². The van der Waals surface area contributed by atoms with Gasteiger partial charge in [0.1, 0.15) is 29.9 Å². The first-order valence-electron chi connectivity index (χ1n) is 16.5. The molecule has 1 aromatic carbocycles.